The zero-order chi connectivity index (χ0) is 23.4. The predicted molar refractivity (Wildman–Crippen MR) is 129 cm³/mol. The van der Waals surface area contributed by atoms with Crippen molar-refractivity contribution in [1.29, 1.82) is 0 Å². The van der Waals surface area contributed by atoms with Gasteiger partial charge in [-0.3, -0.25) is 9.59 Å². The highest BCUT2D eigenvalue weighted by molar-refractivity contribution is 5.66. The molecule has 1 aromatic carbocycles. The van der Waals surface area contributed by atoms with Crippen molar-refractivity contribution >= 4 is 11.9 Å². The van der Waals surface area contributed by atoms with Crippen molar-refractivity contribution in [3.63, 3.8) is 0 Å². The molecule has 0 aliphatic carbocycles. The molecule has 32 heavy (non-hydrogen) atoms. The molecule has 1 N–H and O–H groups in total. The average Bonchev–Trinajstić information content (AvgIpc) is 2.76. The van der Waals surface area contributed by atoms with Crippen molar-refractivity contribution in [3.8, 4) is 0 Å². The Balaban J connectivity index is 2.19. The van der Waals surface area contributed by atoms with E-state index in [1.807, 2.05) is 18.2 Å². The maximum Gasteiger partial charge on any atom is 0.303 e. The number of unbranched alkanes of at least 4 members (excludes halogenated alkanes) is 6. The summed E-state index contributed by atoms with van der Waals surface area (Å²) in [7, 11) is 0. The van der Waals surface area contributed by atoms with E-state index in [-0.39, 0.29) is 18.5 Å². The quantitative estimate of drug-likeness (QED) is 0.171. The molecule has 0 saturated carbocycles. The molecule has 0 aromatic heterocycles. The molecule has 182 valence electrons. The Bertz CT molecular complexity index is 601. The summed E-state index contributed by atoms with van der Waals surface area (Å²) in [5, 5.41) is 8.67. The fourth-order valence-electron chi connectivity index (χ4n) is 4.02. The first kappa shape index (κ1) is 28.2. The number of carbonyl (C=O) groups excluding carboxylic acids is 1. The van der Waals surface area contributed by atoms with Gasteiger partial charge in [0.05, 0.1) is 12.7 Å². The fourth-order valence-corrected chi connectivity index (χ4v) is 4.02. The number of carboxylic acid groups (broad SMARTS) is 1. The van der Waals surface area contributed by atoms with Gasteiger partial charge in [-0.15, -0.1) is 0 Å². The fraction of sp³-hybridized carbons (Fsp3) is 0.704. The number of hydrogen-bond acceptors (Lipinski definition) is 4. The van der Waals surface area contributed by atoms with E-state index in [0.717, 1.165) is 83.5 Å². The number of benzene rings is 1. The van der Waals surface area contributed by atoms with Crippen molar-refractivity contribution in [1.82, 2.24) is 0 Å². The number of rotatable bonds is 20. The third-order valence-electron chi connectivity index (χ3n) is 5.74. The number of esters is 1. The van der Waals surface area contributed by atoms with Gasteiger partial charge in [0.15, 0.2) is 0 Å². The van der Waals surface area contributed by atoms with E-state index in [1.54, 1.807) is 0 Å². The summed E-state index contributed by atoms with van der Waals surface area (Å²) in [6.07, 6.45) is 13.9. The largest absolute Gasteiger partial charge is 0.481 e. The van der Waals surface area contributed by atoms with E-state index in [2.05, 4.69) is 19.1 Å². The van der Waals surface area contributed by atoms with Crippen LogP contribution in [0.4, 0.5) is 0 Å². The lowest BCUT2D eigenvalue weighted by Crippen LogP contribution is -2.16. The Hall–Kier alpha value is -1.88. The highest BCUT2D eigenvalue weighted by atomic mass is 16.5. The Morgan fingerprint density at radius 2 is 1.38 bits per heavy atom. The smallest absolute Gasteiger partial charge is 0.303 e. The molecule has 1 aromatic rings. The van der Waals surface area contributed by atoms with Crippen LogP contribution in [0.3, 0.4) is 0 Å². The van der Waals surface area contributed by atoms with Crippen LogP contribution in [0.15, 0.2) is 30.3 Å². The molecular weight excluding hydrogens is 404 g/mol. The zero-order valence-electron chi connectivity index (χ0n) is 20.2. The van der Waals surface area contributed by atoms with Crippen LogP contribution < -0.4 is 0 Å². The predicted octanol–water partition coefficient (Wildman–Crippen LogP) is 7.07. The zero-order valence-corrected chi connectivity index (χ0v) is 20.2. The second kappa shape index (κ2) is 18.7. The number of carboxylic acids is 1. The average molecular weight is 449 g/mol. The van der Waals surface area contributed by atoms with E-state index < -0.39 is 5.97 Å². The van der Waals surface area contributed by atoms with Crippen molar-refractivity contribution in [3.05, 3.63) is 35.9 Å². The first-order chi connectivity index (χ1) is 15.5. The van der Waals surface area contributed by atoms with Crippen LogP contribution >= 0.6 is 0 Å². The molecule has 0 saturated heterocycles. The van der Waals surface area contributed by atoms with Gasteiger partial charge in [0, 0.05) is 13.3 Å². The lowest BCUT2D eigenvalue weighted by atomic mass is 10.0. The molecule has 0 bridgehead atoms. The van der Waals surface area contributed by atoms with Gasteiger partial charge >= 0.3 is 11.9 Å². The van der Waals surface area contributed by atoms with E-state index >= 15 is 0 Å². The van der Waals surface area contributed by atoms with Crippen molar-refractivity contribution in [2.24, 2.45) is 0 Å². The molecule has 0 spiro atoms. The van der Waals surface area contributed by atoms with Gasteiger partial charge in [-0.1, -0.05) is 75.8 Å². The highest BCUT2D eigenvalue weighted by Crippen LogP contribution is 2.19. The third kappa shape index (κ3) is 15.9. The van der Waals surface area contributed by atoms with Crippen LogP contribution in [0.25, 0.3) is 0 Å². The molecule has 0 fully saturated rings. The maximum absolute atomic E-state index is 11.4. The first-order valence-electron chi connectivity index (χ1n) is 12.6. The lowest BCUT2D eigenvalue weighted by molar-refractivity contribution is -0.147. The summed E-state index contributed by atoms with van der Waals surface area (Å²) in [5.74, 6) is -0.919. The summed E-state index contributed by atoms with van der Waals surface area (Å²) in [5.41, 5.74) is 1.22. The van der Waals surface area contributed by atoms with Crippen LogP contribution in [0.2, 0.25) is 0 Å². The van der Waals surface area contributed by atoms with Gasteiger partial charge in [-0.25, -0.2) is 0 Å². The van der Waals surface area contributed by atoms with Crippen LogP contribution in [0.5, 0.6) is 0 Å². The van der Waals surface area contributed by atoms with E-state index in [4.69, 9.17) is 14.6 Å². The molecule has 5 nitrogen and oxygen atoms in total. The van der Waals surface area contributed by atoms with Crippen LogP contribution in [0, 0.1) is 0 Å². The second-order valence-electron chi connectivity index (χ2n) is 8.78. The molecule has 2 atom stereocenters. The molecule has 2 unspecified atom stereocenters. The summed E-state index contributed by atoms with van der Waals surface area (Å²) in [6.45, 7) is 4.36. The molecule has 1 rings (SSSR count). The van der Waals surface area contributed by atoms with Gasteiger partial charge in [-0.05, 0) is 50.5 Å². The minimum atomic E-state index is -0.719. The Morgan fingerprint density at radius 3 is 1.97 bits per heavy atom. The number of hydrogen-bond donors (Lipinski definition) is 1. The summed E-state index contributed by atoms with van der Waals surface area (Å²) in [6, 6.07) is 10.3. The normalized spacial score (nSPS) is 12.9. The second-order valence-corrected chi connectivity index (χ2v) is 8.78. The molecular formula is C27H44O5. The standard InChI is InChI=1S/C27H44O5/c1-3-15-25(31-22-24-16-9-7-10-17-24)18-12-8-13-20-26(32-23(2)28)19-11-5-4-6-14-21-27(29)30/h7,9-10,16-17,25-26H,3-6,8,11-15,18-22H2,1-2H3,(H,29,30). The van der Waals surface area contributed by atoms with Gasteiger partial charge in [0.25, 0.3) is 0 Å². The third-order valence-corrected chi connectivity index (χ3v) is 5.74. The van der Waals surface area contributed by atoms with Gasteiger partial charge in [0.1, 0.15) is 6.10 Å². The molecule has 0 radical (unpaired) electrons. The summed E-state index contributed by atoms with van der Waals surface area (Å²) >= 11 is 0. The monoisotopic (exact) mass is 448 g/mol. The van der Waals surface area contributed by atoms with Crippen molar-refractivity contribution < 1.29 is 24.2 Å². The minimum absolute atomic E-state index is 0.00675. The molecule has 0 aliphatic heterocycles. The number of aliphatic carboxylic acids is 1. The van der Waals surface area contributed by atoms with Crippen LogP contribution in [-0.2, 0) is 25.7 Å². The van der Waals surface area contributed by atoms with Crippen LogP contribution in [0.1, 0.15) is 109 Å². The molecule has 0 heterocycles. The number of ether oxygens (including phenoxy) is 2. The summed E-state index contributed by atoms with van der Waals surface area (Å²) in [4.78, 5) is 22.0. The van der Waals surface area contributed by atoms with Gasteiger partial charge < -0.3 is 14.6 Å². The maximum atomic E-state index is 11.4. The minimum Gasteiger partial charge on any atom is -0.481 e. The molecule has 5 heteroatoms. The Kier molecular flexibility index (Phi) is 16.4. The Labute approximate surface area is 194 Å². The molecule has 0 amide bonds. The topological polar surface area (TPSA) is 72.8 Å². The van der Waals surface area contributed by atoms with E-state index in [9.17, 15) is 9.59 Å². The lowest BCUT2D eigenvalue weighted by Gasteiger charge is -2.19. The summed E-state index contributed by atoms with van der Waals surface area (Å²) < 4.78 is 11.7. The Morgan fingerprint density at radius 1 is 0.812 bits per heavy atom. The van der Waals surface area contributed by atoms with Gasteiger partial charge in [-0.2, -0.15) is 0 Å². The van der Waals surface area contributed by atoms with E-state index in [0.29, 0.717) is 12.7 Å². The van der Waals surface area contributed by atoms with Crippen LogP contribution in [-0.4, -0.2) is 29.3 Å². The van der Waals surface area contributed by atoms with E-state index in [1.165, 1.54) is 12.5 Å². The number of carbonyl (C=O) groups is 2. The highest BCUT2D eigenvalue weighted by Gasteiger charge is 2.13. The first-order valence-corrected chi connectivity index (χ1v) is 12.6. The van der Waals surface area contributed by atoms with Gasteiger partial charge in [0.2, 0.25) is 0 Å². The van der Waals surface area contributed by atoms with Crippen molar-refractivity contribution in [2.75, 3.05) is 0 Å². The van der Waals surface area contributed by atoms with Crippen molar-refractivity contribution in [2.45, 2.75) is 123 Å². The molecule has 0 aliphatic rings. The SMILES string of the molecule is CCCC(CCCCCC(CCCCCCCC(=O)O)OC(C)=O)OCc1ccccc1.